The van der Waals surface area contributed by atoms with Crippen molar-refractivity contribution in [2.75, 3.05) is 13.3 Å². The number of amides is 1. The van der Waals surface area contributed by atoms with Crippen LogP contribution in [0.25, 0.3) is 11.3 Å². The first-order chi connectivity index (χ1) is 12.8. The van der Waals surface area contributed by atoms with Crippen LogP contribution in [0.4, 0.5) is 0 Å². The lowest BCUT2D eigenvalue weighted by Gasteiger charge is -2.27. The summed E-state index contributed by atoms with van der Waals surface area (Å²) in [6.07, 6.45) is 0.769. The number of aromatic amines is 1. The quantitative estimate of drug-likeness (QED) is 0.774. The van der Waals surface area contributed by atoms with E-state index in [2.05, 4.69) is 10.2 Å². The molecule has 0 unspecified atom stereocenters. The first-order valence-electron chi connectivity index (χ1n) is 8.60. The Morgan fingerprint density at radius 1 is 1.08 bits per heavy atom. The highest BCUT2D eigenvalue weighted by Crippen LogP contribution is 2.34. The molecular formula is C20H17N3O3. The third-order valence-electron chi connectivity index (χ3n) is 4.89. The molecule has 3 heterocycles. The molecule has 0 spiro atoms. The monoisotopic (exact) mass is 347 g/mol. The number of fused-ring (bicyclic) bond motifs is 2. The topological polar surface area (TPSA) is 67.5 Å². The molecule has 0 radical (unpaired) electrons. The maximum Gasteiger partial charge on any atom is 0.254 e. The van der Waals surface area contributed by atoms with Crippen molar-refractivity contribution in [3.8, 4) is 22.8 Å². The largest absolute Gasteiger partial charge is 0.454 e. The smallest absolute Gasteiger partial charge is 0.254 e. The van der Waals surface area contributed by atoms with Crippen LogP contribution in [0.5, 0.6) is 11.5 Å². The molecule has 0 saturated carbocycles. The van der Waals surface area contributed by atoms with E-state index >= 15 is 0 Å². The zero-order chi connectivity index (χ0) is 17.5. The molecule has 2 aliphatic rings. The highest BCUT2D eigenvalue weighted by Gasteiger charge is 2.27. The van der Waals surface area contributed by atoms with Gasteiger partial charge in [0.1, 0.15) is 0 Å². The van der Waals surface area contributed by atoms with Crippen LogP contribution in [0.3, 0.4) is 0 Å². The maximum atomic E-state index is 13.0. The molecule has 5 rings (SSSR count). The van der Waals surface area contributed by atoms with Crippen molar-refractivity contribution in [1.82, 2.24) is 15.1 Å². The van der Waals surface area contributed by atoms with Gasteiger partial charge in [-0.1, -0.05) is 30.3 Å². The Balaban J connectivity index is 1.43. The first-order valence-corrected chi connectivity index (χ1v) is 8.60. The Hall–Kier alpha value is -3.28. The number of nitrogens with zero attached hydrogens (tertiary/aromatic N) is 2. The summed E-state index contributed by atoms with van der Waals surface area (Å²) in [5.41, 5.74) is 4.80. The second-order valence-electron chi connectivity index (χ2n) is 6.44. The van der Waals surface area contributed by atoms with Crippen LogP contribution in [0.1, 0.15) is 21.6 Å². The van der Waals surface area contributed by atoms with Crippen LogP contribution in [0.15, 0.2) is 48.5 Å². The number of carbonyl (C=O) groups is 1. The van der Waals surface area contributed by atoms with Gasteiger partial charge >= 0.3 is 0 Å². The minimum Gasteiger partial charge on any atom is -0.454 e. The number of benzene rings is 2. The summed E-state index contributed by atoms with van der Waals surface area (Å²) in [5.74, 6) is 1.31. The van der Waals surface area contributed by atoms with E-state index < -0.39 is 0 Å². The second-order valence-corrected chi connectivity index (χ2v) is 6.44. The molecule has 6 nitrogen and oxygen atoms in total. The predicted molar refractivity (Wildman–Crippen MR) is 95.0 cm³/mol. The van der Waals surface area contributed by atoms with Crippen LogP contribution >= 0.6 is 0 Å². The number of hydrogen-bond donors (Lipinski definition) is 1. The van der Waals surface area contributed by atoms with E-state index in [9.17, 15) is 4.79 Å². The van der Waals surface area contributed by atoms with Crippen molar-refractivity contribution in [3.05, 3.63) is 65.4 Å². The maximum absolute atomic E-state index is 13.0. The zero-order valence-corrected chi connectivity index (χ0v) is 14.1. The normalized spacial score (nSPS) is 15.0. The number of nitrogens with one attached hydrogen (secondary N) is 1. The van der Waals surface area contributed by atoms with E-state index in [0.717, 1.165) is 28.9 Å². The number of aromatic nitrogens is 2. The summed E-state index contributed by atoms with van der Waals surface area (Å²) in [6.45, 7) is 1.41. The molecule has 0 aliphatic carbocycles. The Morgan fingerprint density at radius 2 is 1.92 bits per heavy atom. The van der Waals surface area contributed by atoms with Gasteiger partial charge in [-0.2, -0.15) is 5.10 Å². The van der Waals surface area contributed by atoms with Gasteiger partial charge < -0.3 is 14.4 Å². The van der Waals surface area contributed by atoms with Crippen molar-refractivity contribution in [3.63, 3.8) is 0 Å². The van der Waals surface area contributed by atoms with Gasteiger partial charge in [0.2, 0.25) is 6.79 Å². The van der Waals surface area contributed by atoms with Crippen LogP contribution in [-0.2, 0) is 13.0 Å². The number of H-pyrrole nitrogens is 1. The Morgan fingerprint density at radius 3 is 2.81 bits per heavy atom. The van der Waals surface area contributed by atoms with Gasteiger partial charge in [0, 0.05) is 41.9 Å². The zero-order valence-electron chi connectivity index (χ0n) is 14.1. The summed E-state index contributed by atoms with van der Waals surface area (Å²) >= 11 is 0. The van der Waals surface area contributed by atoms with E-state index in [1.807, 2.05) is 35.2 Å². The average molecular weight is 347 g/mol. The first kappa shape index (κ1) is 15.0. The molecule has 3 aromatic rings. The molecule has 0 fully saturated rings. The lowest BCUT2D eigenvalue weighted by Crippen LogP contribution is -2.35. The number of carbonyl (C=O) groups excluding carboxylic acids is 1. The van der Waals surface area contributed by atoms with Crippen molar-refractivity contribution in [2.45, 2.75) is 13.0 Å². The van der Waals surface area contributed by atoms with E-state index in [1.54, 1.807) is 18.2 Å². The summed E-state index contributed by atoms with van der Waals surface area (Å²) in [4.78, 5) is 14.8. The number of rotatable bonds is 2. The van der Waals surface area contributed by atoms with Crippen LogP contribution in [0.2, 0.25) is 0 Å². The van der Waals surface area contributed by atoms with Crippen LogP contribution in [-0.4, -0.2) is 34.3 Å². The van der Waals surface area contributed by atoms with Gasteiger partial charge in [0.25, 0.3) is 5.91 Å². The van der Waals surface area contributed by atoms with Crippen molar-refractivity contribution in [2.24, 2.45) is 0 Å². The molecule has 2 aromatic carbocycles. The molecule has 1 N–H and O–H groups in total. The third-order valence-corrected chi connectivity index (χ3v) is 4.89. The Kier molecular flexibility index (Phi) is 3.41. The number of hydrogen-bond acceptors (Lipinski definition) is 4. The van der Waals surface area contributed by atoms with Gasteiger partial charge in [0.05, 0.1) is 5.69 Å². The van der Waals surface area contributed by atoms with Gasteiger partial charge in [-0.05, 0) is 18.2 Å². The van der Waals surface area contributed by atoms with Gasteiger partial charge in [0.15, 0.2) is 11.5 Å². The molecule has 0 saturated heterocycles. The summed E-state index contributed by atoms with van der Waals surface area (Å²) in [6, 6.07) is 15.4. The van der Waals surface area contributed by atoms with E-state index in [-0.39, 0.29) is 12.7 Å². The van der Waals surface area contributed by atoms with Crippen LogP contribution < -0.4 is 9.47 Å². The molecule has 130 valence electrons. The summed E-state index contributed by atoms with van der Waals surface area (Å²) in [7, 11) is 0. The Bertz CT molecular complexity index is 981. The summed E-state index contributed by atoms with van der Waals surface area (Å²) < 4.78 is 10.7. The van der Waals surface area contributed by atoms with E-state index in [1.165, 1.54) is 0 Å². The second kappa shape index (κ2) is 5.91. The summed E-state index contributed by atoms with van der Waals surface area (Å²) in [5, 5.41) is 7.62. The number of ether oxygens (including phenoxy) is 2. The van der Waals surface area contributed by atoms with E-state index in [4.69, 9.17) is 9.47 Å². The standard InChI is InChI=1S/C20H17N3O3/c24-20(14-6-7-17-18(10-14)26-12-25-17)23-9-8-16-15(11-23)19(22-21-16)13-4-2-1-3-5-13/h1-7,10H,8-9,11-12H2,(H,21,22). The lowest BCUT2D eigenvalue weighted by molar-refractivity contribution is 0.0734. The third kappa shape index (κ3) is 2.42. The molecule has 6 heteroatoms. The van der Waals surface area contributed by atoms with Gasteiger partial charge in [-0.3, -0.25) is 9.89 Å². The fraction of sp³-hybridized carbons (Fsp3) is 0.200. The molecule has 26 heavy (non-hydrogen) atoms. The minimum atomic E-state index is -0.00541. The Labute approximate surface area is 150 Å². The molecular weight excluding hydrogens is 330 g/mol. The predicted octanol–water partition coefficient (Wildman–Crippen LogP) is 3.00. The fourth-order valence-electron chi connectivity index (χ4n) is 3.52. The van der Waals surface area contributed by atoms with Gasteiger partial charge in [-0.25, -0.2) is 0 Å². The van der Waals surface area contributed by atoms with Gasteiger partial charge in [-0.15, -0.1) is 0 Å². The molecule has 1 amide bonds. The minimum absolute atomic E-state index is 0.00541. The molecule has 1 aromatic heterocycles. The SMILES string of the molecule is O=C(c1ccc2c(c1)OCO2)N1CCc2[nH]nc(-c3ccccc3)c2C1. The van der Waals surface area contributed by atoms with Crippen molar-refractivity contribution in [1.29, 1.82) is 0 Å². The van der Waals surface area contributed by atoms with E-state index in [0.29, 0.717) is 30.2 Å². The highest BCUT2D eigenvalue weighted by molar-refractivity contribution is 5.95. The molecule has 0 bridgehead atoms. The van der Waals surface area contributed by atoms with Crippen molar-refractivity contribution < 1.29 is 14.3 Å². The van der Waals surface area contributed by atoms with Crippen molar-refractivity contribution >= 4 is 5.91 Å². The highest BCUT2D eigenvalue weighted by atomic mass is 16.7. The molecule has 0 atom stereocenters. The lowest BCUT2D eigenvalue weighted by atomic mass is 10.0. The molecule has 2 aliphatic heterocycles. The fourth-order valence-corrected chi connectivity index (χ4v) is 3.52. The average Bonchev–Trinajstić information content (AvgIpc) is 3.33. The van der Waals surface area contributed by atoms with Crippen LogP contribution in [0, 0.1) is 0 Å².